The highest BCUT2D eigenvalue weighted by atomic mass is 35.5. The molecule has 0 saturated heterocycles. The zero-order valence-electron chi connectivity index (χ0n) is 13.6. The summed E-state index contributed by atoms with van der Waals surface area (Å²) in [5, 5.41) is 8.55. The van der Waals surface area contributed by atoms with Crippen LogP contribution in [0.3, 0.4) is 0 Å². The smallest absolute Gasteiger partial charge is 0.321 e. The standard InChI is InChI=1S/C21H15ClO3S/c22-18-13-16(14-7-3-1-4-8-14)11-12-17(18)19(20(23)24)26-21(25)15-9-5-2-6-10-15/h1-13,19H,(H,23,24). The molecule has 1 unspecified atom stereocenters. The SMILES string of the molecule is O=C(SC(C(=O)O)c1ccc(-c2ccccc2)cc1Cl)c1ccccc1. The summed E-state index contributed by atoms with van der Waals surface area (Å²) < 4.78 is 0. The molecule has 26 heavy (non-hydrogen) atoms. The summed E-state index contributed by atoms with van der Waals surface area (Å²) in [6.07, 6.45) is 0. The molecule has 0 aliphatic rings. The fourth-order valence-electron chi connectivity index (χ4n) is 2.55. The number of aliphatic carboxylic acids is 1. The minimum absolute atomic E-state index is 0.304. The van der Waals surface area contributed by atoms with Crippen LogP contribution in [0.25, 0.3) is 11.1 Å². The zero-order chi connectivity index (χ0) is 18.5. The molecule has 1 atom stereocenters. The lowest BCUT2D eigenvalue weighted by Gasteiger charge is -2.14. The molecule has 130 valence electrons. The van der Waals surface area contributed by atoms with Gasteiger partial charge in [-0.15, -0.1) is 0 Å². The van der Waals surface area contributed by atoms with Gasteiger partial charge in [0.1, 0.15) is 5.25 Å². The summed E-state index contributed by atoms with van der Waals surface area (Å²) in [6, 6.07) is 23.5. The first-order valence-electron chi connectivity index (χ1n) is 7.90. The lowest BCUT2D eigenvalue weighted by Crippen LogP contribution is -2.11. The Kier molecular flexibility index (Phi) is 5.76. The van der Waals surface area contributed by atoms with Crippen LogP contribution in [0, 0.1) is 0 Å². The quantitative estimate of drug-likeness (QED) is 0.614. The van der Waals surface area contributed by atoms with E-state index >= 15 is 0 Å². The summed E-state index contributed by atoms with van der Waals surface area (Å²) in [4.78, 5) is 24.1. The molecule has 0 fully saturated rings. The molecule has 3 nitrogen and oxygen atoms in total. The molecule has 5 heteroatoms. The Hall–Kier alpha value is -2.56. The molecule has 0 aliphatic carbocycles. The van der Waals surface area contributed by atoms with Crippen molar-refractivity contribution >= 4 is 34.4 Å². The van der Waals surface area contributed by atoms with Gasteiger partial charge >= 0.3 is 5.97 Å². The van der Waals surface area contributed by atoms with E-state index in [1.807, 2.05) is 36.4 Å². The van der Waals surface area contributed by atoms with Gasteiger partial charge in [-0.2, -0.15) is 0 Å². The number of carboxylic acids is 1. The molecule has 0 heterocycles. The average molecular weight is 383 g/mol. The number of carbonyl (C=O) groups excluding carboxylic acids is 1. The number of thioether (sulfide) groups is 1. The number of hydrogen-bond acceptors (Lipinski definition) is 3. The number of hydrogen-bond donors (Lipinski definition) is 1. The van der Waals surface area contributed by atoms with Crippen LogP contribution in [0.5, 0.6) is 0 Å². The molecule has 0 bridgehead atoms. The van der Waals surface area contributed by atoms with Gasteiger partial charge in [0.2, 0.25) is 5.12 Å². The molecule has 3 aromatic carbocycles. The maximum Gasteiger partial charge on any atom is 0.321 e. The van der Waals surface area contributed by atoms with E-state index in [9.17, 15) is 14.7 Å². The third-order valence-corrected chi connectivity index (χ3v) is 5.32. The van der Waals surface area contributed by atoms with Gasteiger partial charge in [0.15, 0.2) is 0 Å². The molecule has 3 rings (SSSR count). The Morgan fingerprint density at radius 3 is 2.04 bits per heavy atom. The van der Waals surface area contributed by atoms with Crippen molar-refractivity contribution in [1.29, 1.82) is 0 Å². The van der Waals surface area contributed by atoms with E-state index in [0.29, 0.717) is 16.1 Å². The van der Waals surface area contributed by atoms with Crippen LogP contribution in [-0.2, 0) is 4.79 Å². The number of benzene rings is 3. The summed E-state index contributed by atoms with van der Waals surface area (Å²) in [7, 11) is 0. The van der Waals surface area contributed by atoms with Gasteiger partial charge in [-0.1, -0.05) is 96.2 Å². The van der Waals surface area contributed by atoms with E-state index in [-0.39, 0.29) is 5.12 Å². The molecule has 0 radical (unpaired) electrons. The van der Waals surface area contributed by atoms with Gasteiger partial charge in [-0.3, -0.25) is 9.59 Å². The van der Waals surface area contributed by atoms with Gasteiger partial charge in [-0.25, -0.2) is 0 Å². The number of rotatable bonds is 5. The van der Waals surface area contributed by atoms with Crippen molar-refractivity contribution in [1.82, 2.24) is 0 Å². The first-order chi connectivity index (χ1) is 12.6. The van der Waals surface area contributed by atoms with Gasteiger partial charge in [0, 0.05) is 10.6 Å². The topological polar surface area (TPSA) is 54.4 Å². The second-order valence-electron chi connectivity index (χ2n) is 5.59. The average Bonchev–Trinajstić information content (AvgIpc) is 2.67. The number of halogens is 1. The lowest BCUT2D eigenvalue weighted by atomic mass is 10.0. The van der Waals surface area contributed by atoms with Crippen molar-refractivity contribution in [2.45, 2.75) is 5.25 Å². The van der Waals surface area contributed by atoms with Crippen molar-refractivity contribution < 1.29 is 14.7 Å². The van der Waals surface area contributed by atoms with E-state index in [1.165, 1.54) is 0 Å². The third-order valence-electron chi connectivity index (χ3n) is 3.85. The second kappa shape index (κ2) is 8.21. The van der Waals surface area contributed by atoms with E-state index in [1.54, 1.807) is 42.5 Å². The summed E-state index contributed by atoms with van der Waals surface area (Å²) in [5.74, 6) is -1.10. The Bertz CT molecular complexity index is 927. The molecule has 1 N–H and O–H groups in total. The molecule has 0 saturated carbocycles. The van der Waals surface area contributed by atoms with E-state index in [0.717, 1.165) is 22.9 Å². The number of carbonyl (C=O) groups is 2. The van der Waals surface area contributed by atoms with Crippen LogP contribution >= 0.6 is 23.4 Å². The van der Waals surface area contributed by atoms with Gasteiger partial charge in [0.05, 0.1) is 0 Å². The molecular formula is C21H15ClO3S. The Balaban J connectivity index is 1.89. The van der Waals surface area contributed by atoms with Crippen molar-refractivity contribution in [3.8, 4) is 11.1 Å². The summed E-state index contributed by atoms with van der Waals surface area (Å²) in [5.41, 5.74) is 2.75. The Morgan fingerprint density at radius 2 is 1.46 bits per heavy atom. The fraction of sp³-hybridized carbons (Fsp3) is 0.0476. The Morgan fingerprint density at radius 1 is 0.846 bits per heavy atom. The predicted molar refractivity (Wildman–Crippen MR) is 106 cm³/mol. The van der Waals surface area contributed by atoms with Crippen LogP contribution in [0.15, 0.2) is 78.9 Å². The molecule has 0 spiro atoms. The van der Waals surface area contributed by atoms with Gasteiger partial charge in [-0.05, 0) is 22.8 Å². The van der Waals surface area contributed by atoms with E-state index in [2.05, 4.69) is 0 Å². The highest BCUT2D eigenvalue weighted by Gasteiger charge is 2.27. The Labute approximate surface area is 160 Å². The minimum atomic E-state index is -1.10. The van der Waals surface area contributed by atoms with E-state index in [4.69, 9.17) is 11.6 Å². The molecular weight excluding hydrogens is 368 g/mol. The van der Waals surface area contributed by atoms with Crippen molar-refractivity contribution in [2.75, 3.05) is 0 Å². The highest BCUT2D eigenvalue weighted by Crippen LogP contribution is 2.37. The predicted octanol–water partition coefficient (Wildman–Crippen LogP) is 5.71. The monoisotopic (exact) mass is 382 g/mol. The minimum Gasteiger partial charge on any atom is -0.480 e. The summed E-state index contributed by atoms with van der Waals surface area (Å²) >= 11 is 7.11. The second-order valence-corrected chi connectivity index (χ2v) is 7.08. The summed E-state index contributed by atoms with van der Waals surface area (Å²) in [6.45, 7) is 0. The van der Waals surface area contributed by atoms with Crippen LogP contribution in [0.1, 0.15) is 21.2 Å². The van der Waals surface area contributed by atoms with Crippen molar-refractivity contribution in [3.63, 3.8) is 0 Å². The van der Waals surface area contributed by atoms with Crippen LogP contribution < -0.4 is 0 Å². The first kappa shape index (κ1) is 18.2. The fourth-order valence-corrected chi connectivity index (χ4v) is 3.82. The molecule has 0 amide bonds. The van der Waals surface area contributed by atoms with Crippen LogP contribution in [0.4, 0.5) is 0 Å². The third kappa shape index (κ3) is 4.15. The van der Waals surface area contributed by atoms with Gasteiger partial charge < -0.3 is 5.11 Å². The molecule has 0 aromatic heterocycles. The first-order valence-corrected chi connectivity index (χ1v) is 9.16. The van der Waals surface area contributed by atoms with Crippen molar-refractivity contribution in [2.24, 2.45) is 0 Å². The van der Waals surface area contributed by atoms with Gasteiger partial charge in [0.25, 0.3) is 0 Å². The molecule has 0 aliphatic heterocycles. The maximum absolute atomic E-state index is 12.4. The number of carboxylic acid groups (broad SMARTS) is 1. The van der Waals surface area contributed by atoms with E-state index < -0.39 is 11.2 Å². The van der Waals surface area contributed by atoms with Crippen molar-refractivity contribution in [3.05, 3.63) is 95.0 Å². The van der Waals surface area contributed by atoms with Crippen LogP contribution in [0.2, 0.25) is 5.02 Å². The van der Waals surface area contributed by atoms with Crippen LogP contribution in [-0.4, -0.2) is 16.2 Å². The highest BCUT2D eigenvalue weighted by molar-refractivity contribution is 8.14. The largest absolute Gasteiger partial charge is 0.480 e. The zero-order valence-corrected chi connectivity index (χ0v) is 15.2. The lowest BCUT2D eigenvalue weighted by molar-refractivity contribution is -0.136. The normalized spacial score (nSPS) is 11.7. The maximum atomic E-state index is 12.4. The molecule has 3 aromatic rings.